The molecule has 7 atom stereocenters. The van der Waals surface area contributed by atoms with Crippen molar-refractivity contribution < 1.29 is 42.9 Å². The zero-order chi connectivity index (χ0) is 30.2. The van der Waals surface area contributed by atoms with E-state index in [1.54, 1.807) is 4.90 Å². The molecule has 14 heteroatoms. The number of hydrogen-bond donors (Lipinski definition) is 4. The summed E-state index contributed by atoms with van der Waals surface area (Å²) in [7, 11) is 0. The number of nitrogens with zero attached hydrogens (tertiary/aromatic N) is 3. The average molecular weight is 608 g/mol. The van der Waals surface area contributed by atoms with Crippen LogP contribution < -0.4 is 10.6 Å². The lowest BCUT2D eigenvalue weighted by molar-refractivity contribution is -0.143. The standard InChI is InChI=1S/C29H39F2N5O7/c30-19-2-1-16(9-20(19)31)13-34-5-6-35-15-22(34)28(40)32-12-24-27(39)26(38)23(43-24)11-25(37)33-17-10-21(29(35)41)36(14-17)18-3-7-42-8-4-18/h1-2,9,17-18,21-24,26-27,38-39H,3-8,10-15H2,(H,32,40)(H,33,37)/t17-,21-,22-,23-,24+,26-,27+/m0/s1. The number of fused-ring (bicyclic) bond motifs is 6. The van der Waals surface area contributed by atoms with Gasteiger partial charge in [0.05, 0.1) is 18.6 Å². The minimum Gasteiger partial charge on any atom is -0.388 e. The van der Waals surface area contributed by atoms with Crippen LogP contribution in [-0.2, 0) is 30.4 Å². The third-order valence-corrected chi connectivity index (χ3v) is 9.45. The quantitative estimate of drug-likeness (QED) is 0.331. The Bertz CT molecular complexity index is 1220. The van der Waals surface area contributed by atoms with E-state index in [9.17, 15) is 33.4 Å². The number of rotatable bonds is 3. The SMILES string of the molecule is O=C1C[C@@H]2O[C@H](CNC(=O)[C@@H]3CN(CCN3Cc3ccc(F)c(F)c3)C(=O)[C@@H]3C[C@@H](CN3C3CCOCC3)N1)[C@@H](O)[C@H]2O. The smallest absolute Gasteiger partial charge is 0.240 e. The van der Waals surface area contributed by atoms with Gasteiger partial charge in [0.2, 0.25) is 17.7 Å². The first kappa shape index (κ1) is 30.3. The van der Waals surface area contributed by atoms with Crippen LogP contribution in [0.15, 0.2) is 18.2 Å². The number of hydrogen-bond acceptors (Lipinski definition) is 9. The van der Waals surface area contributed by atoms with Crippen molar-refractivity contribution in [3.63, 3.8) is 0 Å². The fourth-order valence-electron chi connectivity index (χ4n) is 7.12. The van der Waals surface area contributed by atoms with Gasteiger partial charge < -0.3 is 35.2 Å². The molecule has 1 aromatic carbocycles. The summed E-state index contributed by atoms with van der Waals surface area (Å²) >= 11 is 0. The van der Waals surface area contributed by atoms with Crippen molar-refractivity contribution in [1.29, 1.82) is 0 Å². The van der Waals surface area contributed by atoms with Crippen LogP contribution in [0, 0.1) is 11.6 Å². The number of nitrogens with one attached hydrogen (secondary N) is 2. The van der Waals surface area contributed by atoms with Crippen molar-refractivity contribution in [3.8, 4) is 0 Å². The molecular weight excluding hydrogens is 568 g/mol. The molecule has 4 N–H and O–H groups in total. The van der Waals surface area contributed by atoms with Crippen molar-refractivity contribution in [2.45, 2.75) is 80.8 Å². The normalized spacial score (nSPS) is 35.2. The van der Waals surface area contributed by atoms with Crippen molar-refractivity contribution in [3.05, 3.63) is 35.4 Å². The zero-order valence-electron chi connectivity index (χ0n) is 23.9. The lowest BCUT2D eigenvalue weighted by Crippen LogP contribution is -2.62. The molecule has 0 aliphatic carbocycles. The fourth-order valence-corrected chi connectivity index (χ4v) is 7.12. The number of aliphatic hydroxyl groups excluding tert-OH is 2. The van der Waals surface area contributed by atoms with Crippen molar-refractivity contribution >= 4 is 17.7 Å². The topological polar surface area (TPSA) is 144 Å². The van der Waals surface area contributed by atoms with E-state index in [4.69, 9.17) is 9.47 Å². The van der Waals surface area contributed by atoms with Crippen LogP contribution in [0.5, 0.6) is 0 Å². The van der Waals surface area contributed by atoms with Gasteiger partial charge >= 0.3 is 0 Å². The molecule has 0 saturated carbocycles. The van der Waals surface area contributed by atoms with E-state index in [0.29, 0.717) is 44.8 Å². The van der Waals surface area contributed by atoms with Crippen LogP contribution >= 0.6 is 0 Å². The number of halogens is 2. The van der Waals surface area contributed by atoms with E-state index in [-0.39, 0.29) is 50.0 Å². The molecular formula is C29H39F2N5O7. The number of carbonyl (C=O) groups is 3. The minimum absolute atomic E-state index is 0.0722. The summed E-state index contributed by atoms with van der Waals surface area (Å²) in [6.45, 7) is 2.41. The van der Waals surface area contributed by atoms with E-state index >= 15 is 0 Å². The van der Waals surface area contributed by atoms with Crippen molar-refractivity contribution in [2.24, 2.45) is 0 Å². The zero-order valence-corrected chi connectivity index (χ0v) is 23.9. The molecule has 12 nitrogen and oxygen atoms in total. The summed E-state index contributed by atoms with van der Waals surface area (Å²) in [5.74, 6) is -2.83. The first-order valence-electron chi connectivity index (χ1n) is 15.1. The summed E-state index contributed by atoms with van der Waals surface area (Å²) in [4.78, 5) is 46.4. The first-order chi connectivity index (χ1) is 20.7. The van der Waals surface area contributed by atoms with Gasteiger partial charge in [-0.3, -0.25) is 24.2 Å². The van der Waals surface area contributed by atoms with Crippen LogP contribution in [-0.4, -0.2) is 137 Å². The Morgan fingerprint density at radius 1 is 0.953 bits per heavy atom. The van der Waals surface area contributed by atoms with Crippen molar-refractivity contribution in [1.82, 2.24) is 25.3 Å². The second kappa shape index (κ2) is 12.7. The number of aliphatic hydroxyl groups is 2. The predicted molar refractivity (Wildman–Crippen MR) is 146 cm³/mol. The van der Waals surface area contributed by atoms with Crippen LogP contribution in [0.25, 0.3) is 0 Å². The molecule has 0 aromatic heterocycles. The average Bonchev–Trinajstić information content (AvgIpc) is 3.53. The largest absolute Gasteiger partial charge is 0.388 e. The molecule has 43 heavy (non-hydrogen) atoms. The maximum atomic E-state index is 14.1. The molecule has 0 unspecified atom stereocenters. The first-order valence-corrected chi connectivity index (χ1v) is 15.1. The Balaban J connectivity index is 1.28. The third-order valence-electron chi connectivity index (χ3n) is 9.45. The van der Waals surface area contributed by atoms with Gasteiger partial charge in [-0.2, -0.15) is 0 Å². The monoisotopic (exact) mass is 607 g/mol. The van der Waals surface area contributed by atoms with Crippen LogP contribution in [0.4, 0.5) is 8.78 Å². The summed E-state index contributed by atoms with van der Waals surface area (Å²) in [6, 6.07) is 2.11. The molecule has 6 bridgehead atoms. The molecule has 1 aromatic rings. The maximum absolute atomic E-state index is 14.1. The maximum Gasteiger partial charge on any atom is 0.240 e. The molecule has 5 heterocycles. The molecule has 5 fully saturated rings. The number of ether oxygens (including phenoxy) is 2. The number of piperazine rings is 1. The van der Waals surface area contributed by atoms with Gasteiger partial charge in [-0.1, -0.05) is 6.07 Å². The van der Waals surface area contributed by atoms with Gasteiger partial charge in [-0.05, 0) is 37.0 Å². The van der Waals surface area contributed by atoms with Gasteiger partial charge in [-0.15, -0.1) is 0 Å². The van der Waals surface area contributed by atoms with Gasteiger partial charge in [-0.25, -0.2) is 8.78 Å². The number of carbonyl (C=O) groups excluding carboxylic acids is 3. The number of benzene rings is 1. The van der Waals surface area contributed by atoms with Crippen LogP contribution in [0.3, 0.4) is 0 Å². The molecule has 5 aliphatic heterocycles. The van der Waals surface area contributed by atoms with Gasteiger partial charge in [0, 0.05) is 64.6 Å². The lowest BCUT2D eigenvalue weighted by Gasteiger charge is -2.43. The fraction of sp³-hybridized carbons (Fsp3) is 0.690. The molecule has 6 rings (SSSR count). The Kier molecular flexibility index (Phi) is 8.94. The second-order valence-electron chi connectivity index (χ2n) is 12.2. The van der Waals surface area contributed by atoms with Gasteiger partial charge in [0.25, 0.3) is 0 Å². The summed E-state index contributed by atoms with van der Waals surface area (Å²) in [5.41, 5.74) is 0.485. The highest BCUT2D eigenvalue weighted by Gasteiger charge is 2.47. The summed E-state index contributed by atoms with van der Waals surface area (Å²) in [6.07, 6.45) is -2.77. The van der Waals surface area contributed by atoms with E-state index < -0.39 is 54.0 Å². The summed E-state index contributed by atoms with van der Waals surface area (Å²) < 4.78 is 38.9. The van der Waals surface area contributed by atoms with E-state index in [1.807, 2.05) is 4.90 Å². The van der Waals surface area contributed by atoms with Gasteiger partial charge in [0.1, 0.15) is 24.4 Å². The Morgan fingerprint density at radius 2 is 1.72 bits per heavy atom. The van der Waals surface area contributed by atoms with E-state index in [2.05, 4.69) is 15.5 Å². The van der Waals surface area contributed by atoms with E-state index in [0.717, 1.165) is 25.0 Å². The number of likely N-dealkylation sites (tertiary alicyclic amines) is 1. The Labute approximate surface area is 248 Å². The van der Waals surface area contributed by atoms with Crippen LogP contribution in [0.1, 0.15) is 31.2 Å². The van der Waals surface area contributed by atoms with Crippen LogP contribution in [0.2, 0.25) is 0 Å². The Morgan fingerprint density at radius 3 is 2.49 bits per heavy atom. The highest BCUT2D eigenvalue weighted by atomic mass is 19.2. The number of amides is 3. The molecule has 0 radical (unpaired) electrons. The Hall–Kier alpha value is -2.75. The second-order valence-corrected chi connectivity index (χ2v) is 12.2. The van der Waals surface area contributed by atoms with E-state index in [1.165, 1.54) is 6.07 Å². The minimum atomic E-state index is -1.31. The van der Waals surface area contributed by atoms with Gasteiger partial charge in [0.15, 0.2) is 11.6 Å². The lowest BCUT2D eigenvalue weighted by atomic mass is 10.0. The third kappa shape index (κ3) is 6.40. The molecule has 236 valence electrons. The predicted octanol–water partition coefficient (Wildman–Crippen LogP) is -1.28. The highest BCUT2D eigenvalue weighted by molar-refractivity contribution is 5.86. The highest BCUT2D eigenvalue weighted by Crippen LogP contribution is 2.29. The molecule has 3 amide bonds. The summed E-state index contributed by atoms with van der Waals surface area (Å²) in [5, 5.41) is 27.0. The molecule has 5 saturated heterocycles. The van der Waals surface area contributed by atoms with Crippen molar-refractivity contribution in [2.75, 3.05) is 45.9 Å². The molecule has 0 spiro atoms. The molecule has 5 aliphatic rings.